The van der Waals surface area contributed by atoms with E-state index in [2.05, 4.69) is 41.5 Å². The van der Waals surface area contributed by atoms with Crippen molar-refractivity contribution in [3.8, 4) is 0 Å². The second kappa shape index (κ2) is 6.50. The molecule has 1 saturated heterocycles. The Kier molecular flexibility index (Phi) is 4.96. The second-order valence-corrected chi connectivity index (χ2v) is 6.11. The summed E-state index contributed by atoms with van der Waals surface area (Å²) in [5, 5.41) is 6.07. The largest absolute Gasteiger partial charge is 0.358 e. The number of thiophene rings is 1. The van der Waals surface area contributed by atoms with E-state index in [1.54, 1.807) is 7.05 Å². The molecule has 1 amide bonds. The van der Waals surface area contributed by atoms with Crippen molar-refractivity contribution >= 4 is 17.2 Å². The molecule has 1 aromatic rings. The Morgan fingerprint density at radius 2 is 2.42 bits per heavy atom. The van der Waals surface area contributed by atoms with Crippen LogP contribution in [0, 0.1) is 0 Å². The van der Waals surface area contributed by atoms with Crippen LogP contribution in [0.15, 0.2) is 12.1 Å². The van der Waals surface area contributed by atoms with Crippen LogP contribution in [0.25, 0.3) is 0 Å². The van der Waals surface area contributed by atoms with Crippen LogP contribution in [-0.2, 0) is 11.2 Å². The lowest BCUT2D eigenvalue weighted by molar-refractivity contribution is -0.127. The topological polar surface area (TPSA) is 44.4 Å². The minimum Gasteiger partial charge on any atom is -0.358 e. The van der Waals surface area contributed by atoms with E-state index in [1.165, 1.54) is 9.75 Å². The summed E-state index contributed by atoms with van der Waals surface area (Å²) in [5.41, 5.74) is 0. The summed E-state index contributed by atoms with van der Waals surface area (Å²) in [5.74, 6) is 0.103. The van der Waals surface area contributed by atoms with Crippen LogP contribution >= 0.6 is 11.3 Å². The van der Waals surface area contributed by atoms with Crippen LogP contribution in [0.2, 0.25) is 0 Å². The zero-order chi connectivity index (χ0) is 13.8. The van der Waals surface area contributed by atoms with E-state index in [-0.39, 0.29) is 11.9 Å². The molecule has 1 aliphatic rings. The van der Waals surface area contributed by atoms with Crippen LogP contribution < -0.4 is 10.6 Å². The lowest BCUT2D eigenvalue weighted by atomic mass is 10.1. The van der Waals surface area contributed by atoms with Crippen LogP contribution in [0.3, 0.4) is 0 Å². The van der Waals surface area contributed by atoms with Gasteiger partial charge in [0.15, 0.2) is 0 Å². The van der Waals surface area contributed by atoms with Crippen molar-refractivity contribution in [1.29, 1.82) is 0 Å². The molecule has 0 saturated carbocycles. The van der Waals surface area contributed by atoms with Crippen molar-refractivity contribution in [2.45, 2.75) is 32.4 Å². The average molecular weight is 281 g/mol. The third-order valence-corrected chi connectivity index (χ3v) is 5.17. The number of amides is 1. The molecule has 0 bridgehead atoms. The van der Waals surface area contributed by atoms with E-state index < -0.39 is 0 Å². The smallest absolute Gasteiger partial charge is 0.238 e. The zero-order valence-electron chi connectivity index (χ0n) is 11.9. The fourth-order valence-corrected chi connectivity index (χ4v) is 3.59. The molecule has 4 nitrogen and oxygen atoms in total. The summed E-state index contributed by atoms with van der Waals surface area (Å²) in [4.78, 5) is 17.1. The summed E-state index contributed by atoms with van der Waals surface area (Å²) in [6.07, 6.45) is 1.08. The molecule has 1 aliphatic heterocycles. The normalized spacial score (nSPS) is 22.2. The third kappa shape index (κ3) is 3.16. The van der Waals surface area contributed by atoms with Gasteiger partial charge in [-0.1, -0.05) is 6.92 Å². The molecule has 2 atom stereocenters. The zero-order valence-corrected chi connectivity index (χ0v) is 12.7. The Balaban J connectivity index is 2.14. The molecule has 1 fully saturated rings. The lowest BCUT2D eigenvalue weighted by Gasteiger charge is -2.38. The predicted molar refractivity (Wildman–Crippen MR) is 79.5 cm³/mol. The monoisotopic (exact) mass is 281 g/mol. The van der Waals surface area contributed by atoms with Crippen molar-refractivity contribution in [2.24, 2.45) is 0 Å². The summed E-state index contributed by atoms with van der Waals surface area (Å²) in [6.45, 7) is 6.98. The number of hydrogen-bond acceptors (Lipinski definition) is 4. The molecule has 0 radical (unpaired) electrons. The fourth-order valence-electron chi connectivity index (χ4n) is 2.57. The van der Waals surface area contributed by atoms with Gasteiger partial charge in [-0.2, -0.15) is 0 Å². The van der Waals surface area contributed by atoms with Gasteiger partial charge in [0.25, 0.3) is 0 Å². The first-order chi connectivity index (χ1) is 9.17. The molecule has 19 heavy (non-hydrogen) atoms. The van der Waals surface area contributed by atoms with E-state index in [4.69, 9.17) is 0 Å². The van der Waals surface area contributed by atoms with E-state index in [0.717, 1.165) is 26.1 Å². The standard InChI is InChI=1S/C14H23N3OS/c1-4-11-5-6-13(19-11)10(2)17-8-7-16-9-12(17)14(18)15-3/h5-6,10,12,16H,4,7-9H2,1-3H3,(H,15,18). The fraction of sp³-hybridized carbons (Fsp3) is 0.643. The van der Waals surface area contributed by atoms with E-state index >= 15 is 0 Å². The summed E-state index contributed by atoms with van der Waals surface area (Å²) in [7, 11) is 1.71. The summed E-state index contributed by atoms with van der Waals surface area (Å²) >= 11 is 1.86. The van der Waals surface area contributed by atoms with Crippen molar-refractivity contribution in [1.82, 2.24) is 15.5 Å². The van der Waals surface area contributed by atoms with Crippen molar-refractivity contribution < 1.29 is 4.79 Å². The van der Waals surface area contributed by atoms with Gasteiger partial charge in [0.05, 0.1) is 0 Å². The Morgan fingerprint density at radius 1 is 1.63 bits per heavy atom. The first-order valence-electron chi connectivity index (χ1n) is 6.94. The highest BCUT2D eigenvalue weighted by Crippen LogP contribution is 2.29. The van der Waals surface area contributed by atoms with E-state index in [1.807, 2.05) is 11.3 Å². The quantitative estimate of drug-likeness (QED) is 0.876. The second-order valence-electron chi connectivity index (χ2n) is 4.91. The maximum absolute atomic E-state index is 12.0. The van der Waals surface area contributed by atoms with Crippen LogP contribution in [0.1, 0.15) is 29.6 Å². The molecule has 0 aromatic carbocycles. The van der Waals surface area contributed by atoms with Crippen LogP contribution in [0.5, 0.6) is 0 Å². The average Bonchev–Trinajstić information content (AvgIpc) is 2.94. The minimum atomic E-state index is -0.0686. The van der Waals surface area contributed by atoms with Gasteiger partial charge < -0.3 is 10.6 Å². The maximum atomic E-state index is 12.0. The molecule has 106 valence electrons. The lowest BCUT2D eigenvalue weighted by Crippen LogP contribution is -2.57. The number of hydrogen-bond donors (Lipinski definition) is 2. The van der Waals surface area contributed by atoms with Crippen LogP contribution in [0.4, 0.5) is 0 Å². The van der Waals surface area contributed by atoms with E-state index in [0.29, 0.717) is 6.04 Å². The van der Waals surface area contributed by atoms with Crippen molar-refractivity contribution in [3.63, 3.8) is 0 Å². The Hall–Kier alpha value is -0.910. The van der Waals surface area contributed by atoms with Gasteiger partial charge in [-0.25, -0.2) is 0 Å². The summed E-state index contributed by atoms with van der Waals surface area (Å²) < 4.78 is 0. The predicted octanol–water partition coefficient (Wildman–Crippen LogP) is 1.39. The molecule has 2 rings (SSSR count). The Labute approximate surface area is 119 Å². The number of carbonyl (C=O) groups excluding carboxylic acids is 1. The molecular weight excluding hydrogens is 258 g/mol. The first kappa shape index (κ1) is 14.5. The van der Waals surface area contributed by atoms with Crippen LogP contribution in [-0.4, -0.2) is 43.5 Å². The van der Waals surface area contributed by atoms with Gasteiger partial charge in [0.1, 0.15) is 6.04 Å². The molecule has 0 spiro atoms. The Bertz CT molecular complexity index is 432. The number of likely N-dealkylation sites (N-methyl/N-ethyl adjacent to an activating group) is 1. The molecule has 2 unspecified atom stereocenters. The molecule has 2 heterocycles. The van der Waals surface area contributed by atoms with Gasteiger partial charge in [0, 0.05) is 42.5 Å². The Morgan fingerprint density at radius 3 is 3.05 bits per heavy atom. The van der Waals surface area contributed by atoms with Gasteiger partial charge >= 0.3 is 0 Å². The highest BCUT2D eigenvalue weighted by molar-refractivity contribution is 7.12. The number of piperazine rings is 1. The number of rotatable bonds is 4. The molecule has 5 heteroatoms. The first-order valence-corrected chi connectivity index (χ1v) is 7.75. The number of aryl methyl sites for hydroxylation is 1. The molecular formula is C14H23N3OS. The maximum Gasteiger partial charge on any atom is 0.238 e. The molecule has 0 aliphatic carbocycles. The molecule has 1 aromatic heterocycles. The highest BCUT2D eigenvalue weighted by Gasteiger charge is 2.32. The van der Waals surface area contributed by atoms with Crippen molar-refractivity contribution in [2.75, 3.05) is 26.7 Å². The summed E-state index contributed by atoms with van der Waals surface area (Å²) in [6, 6.07) is 4.64. The number of nitrogens with zero attached hydrogens (tertiary/aromatic N) is 1. The number of nitrogens with one attached hydrogen (secondary N) is 2. The third-order valence-electron chi connectivity index (χ3n) is 3.77. The SMILES string of the molecule is CCc1ccc(C(C)N2CCNCC2C(=O)NC)s1. The minimum absolute atomic E-state index is 0.0686. The van der Waals surface area contributed by atoms with Gasteiger partial charge in [-0.15, -0.1) is 11.3 Å². The van der Waals surface area contributed by atoms with Gasteiger partial charge in [0.2, 0.25) is 5.91 Å². The highest BCUT2D eigenvalue weighted by atomic mass is 32.1. The van der Waals surface area contributed by atoms with Gasteiger partial charge in [-0.3, -0.25) is 9.69 Å². The number of carbonyl (C=O) groups is 1. The van der Waals surface area contributed by atoms with Gasteiger partial charge in [-0.05, 0) is 25.5 Å². The van der Waals surface area contributed by atoms with E-state index in [9.17, 15) is 4.79 Å². The van der Waals surface area contributed by atoms with Crippen molar-refractivity contribution in [3.05, 3.63) is 21.9 Å². The molecule has 2 N–H and O–H groups in total.